The molecule has 11 heteroatoms. The van der Waals surface area contributed by atoms with E-state index in [0.717, 1.165) is 49.7 Å². The van der Waals surface area contributed by atoms with Crippen molar-refractivity contribution < 1.29 is 14.3 Å². The predicted molar refractivity (Wildman–Crippen MR) is 214 cm³/mol. The highest BCUT2D eigenvalue weighted by Crippen LogP contribution is 2.37. The van der Waals surface area contributed by atoms with Crippen LogP contribution in [0.3, 0.4) is 0 Å². The zero-order valence-corrected chi connectivity index (χ0v) is 30.8. The number of nitrogens with one attached hydrogen (secondary N) is 2. The Morgan fingerprint density at radius 3 is 2.46 bits per heavy atom. The molecular weight excluding hydrogens is 695 g/mol. The molecule has 1 aliphatic heterocycles. The van der Waals surface area contributed by atoms with Crippen molar-refractivity contribution in [1.29, 1.82) is 0 Å². The molecule has 1 fully saturated rings. The fourth-order valence-corrected chi connectivity index (χ4v) is 6.91. The van der Waals surface area contributed by atoms with Crippen LogP contribution in [0.15, 0.2) is 125 Å². The summed E-state index contributed by atoms with van der Waals surface area (Å²) in [4.78, 5) is 43.3. The number of hydrogen-bond donors (Lipinski definition) is 3. The van der Waals surface area contributed by atoms with Crippen LogP contribution in [0.1, 0.15) is 55.0 Å². The van der Waals surface area contributed by atoms with E-state index in [1.54, 1.807) is 11.8 Å². The molecule has 1 atom stereocenters. The van der Waals surface area contributed by atoms with E-state index in [9.17, 15) is 9.59 Å². The summed E-state index contributed by atoms with van der Waals surface area (Å²) in [6, 6.07) is 34.0. The highest BCUT2D eigenvalue weighted by Gasteiger charge is 2.35. The molecule has 7 rings (SSSR count). The van der Waals surface area contributed by atoms with Gasteiger partial charge in [0.15, 0.2) is 5.65 Å². The van der Waals surface area contributed by atoms with Crippen LogP contribution in [0.25, 0.3) is 11.0 Å². The first kappa shape index (κ1) is 36.0. The lowest BCUT2D eigenvalue weighted by Crippen LogP contribution is -2.43. The summed E-state index contributed by atoms with van der Waals surface area (Å²) in [5.74, 6) is 7.21. The SMILES string of the molecule is CC(C)c1ccc2c(Nc3cc(C#Cc4ccc(NC(=O)[C@@H]5CCCN5C(=O)OCc5ccccc5)cc4)ccc3Sc3ccc(N)cc3)ncnc2n1. The molecule has 0 saturated carbocycles. The summed E-state index contributed by atoms with van der Waals surface area (Å²) in [6.45, 7) is 4.85. The van der Waals surface area contributed by atoms with Gasteiger partial charge in [0.1, 0.15) is 24.8 Å². The molecule has 1 saturated heterocycles. The van der Waals surface area contributed by atoms with E-state index < -0.39 is 12.1 Å². The van der Waals surface area contributed by atoms with Gasteiger partial charge in [-0.15, -0.1) is 0 Å². The van der Waals surface area contributed by atoms with E-state index in [1.807, 2.05) is 109 Å². The number of amides is 2. The number of ether oxygens (including phenoxy) is 1. The molecule has 4 N–H and O–H groups in total. The summed E-state index contributed by atoms with van der Waals surface area (Å²) >= 11 is 1.61. The van der Waals surface area contributed by atoms with Gasteiger partial charge in [0.05, 0.1) is 11.1 Å². The van der Waals surface area contributed by atoms with Crippen molar-refractivity contribution in [1.82, 2.24) is 19.9 Å². The van der Waals surface area contributed by atoms with Crippen LogP contribution in [0.5, 0.6) is 0 Å². The summed E-state index contributed by atoms with van der Waals surface area (Å²) in [5, 5.41) is 7.30. The van der Waals surface area contributed by atoms with Crippen molar-refractivity contribution in [3.8, 4) is 11.8 Å². The van der Waals surface area contributed by atoms with Gasteiger partial charge in [0, 0.05) is 44.5 Å². The molecule has 270 valence electrons. The van der Waals surface area contributed by atoms with Crippen LogP contribution in [-0.2, 0) is 16.1 Å². The highest BCUT2D eigenvalue weighted by atomic mass is 32.2. The van der Waals surface area contributed by atoms with Crippen molar-refractivity contribution in [2.75, 3.05) is 22.9 Å². The Kier molecular flexibility index (Phi) is 11.0. The maximum Gasteiger partial charge on any atom is 0.410 e. The van der Waals surface area contributed by atoms with Crippen LogP contribution in [0.2, 0.25) is 0 Å². The minimum absolute atomic E-state index is 0.160. The lowest BCUT2D eigenvalue weighted by molar-refractivity contribution is -0.120. The van der Waals surface area contributed by atoms with Crippen molar-refractivity contribution in [3.05, 3.63) is 138 Å². The Bertz CT molecular complexity index is 2340. The van der Waals surface area contributed by atoms with Crippen molar-refractivity contribution >= 4 is 57.7 Å². The van der Waals surface area contributed by atoms with E-state index >= 15 is 0 Å². The molecule has 2 aromatic heterocycles. The summed E-state index contributed by atoms with van der Waals surface area (Å²) in [7, 11) is 0. The third kappa shape index (κ3) is 8.80. The fourth-order valence-electron chi connectivity index (χ4n) is 6.03. The maximum absolute atomic E-state index is 13.2. The number of likely N-dealkylation sites (tertiary alicyclic amines) is 1. The molecule has 1 aliphatic rings. The van der Waals surface area contributed by atoms with Crippen molar-refractivity contribution in [3.63, 3.8) is 0 Å². The average Bonchev–Trinajstić information content (AvgIpc) is 3.69. The lowest BCUT2D eigenvalue weighted by atomic mass is 10.1. The monoisotopic (exact) mass is 733 g/mol. The molecule has 0 unspecified atom stereocenters. The third-order valence-corrected chi connectivity index (χ3v) is 10.0. The van der Waals surface area contributed by atoms with E-state index in [0.29, 0.717) is 35.8 Å². The van der Waals surface area contributed by atoms with Gasteiger partial charge in [-0.1, -0.05) is 67.8 Å². The molecule has 10 nitrogen and oxygen atoms in total. The topological polar surface area (TPSA) is 135 Å². The number of benzene rings is 4. The third-order valence-electron chi connectivity index (χ3n) is 8.95. The van der Waals surface area contributed by atoms with Crippen LogP contribution in [-0.4, -0.2) is 44.4 Å². The number of aromatic nitrogens is 3. The van der Waals surface area contributed by atoms with E-state index in [-0.39, 0.29) is 18.4 Å². The van der Waals surface area contributed by atoms with Gasteiger partial charge in [0.2, 0.25) is 5.91 Å². The number of nitrogens with two attached hydrogens (primary N) is 1. The second-order valence-electron chi connectivity index (χ2n) is 13.2. The van der Waals surface area contributed by atoms with Gasteiger partial charge in [-0.05, 0) is 103 Å². The maximum atomic E-state index is 13.2. The van der Waals surface area contributed by atoms with Gasteiger partial charge >= 0.3 is 6.09 Å². The van der Waals surface area contributed by atoms with Crippen LogP contribution in [0.4, 0.5) is 27.7 Å². The minimum atomic E-state index is -0.592. The van der Waals surface area contributed by atoms with Crippen molar-refractivity contribution in [2.24, 2.45) is 0 Å². The van der Waals surface area contributed by atoms with Crippen LogP contribution < -0.4 is 16.4 Å². The van der Waals surface area contributed by atoms with E-state index in [2.05, 4.69) is 46.3 Å². The Morgan fingerprint density at radius 2 is 1.69 bits per heavy atom. The smallest absolute Gasteiger partial charge is 0.410 e. The Balaban J connectivity index is 1.06. The largest absolute Gasteiger partial charge is 0.445 e. The van der Waals surface area contributed by atoms with Gasteiger partial charge in [-0.2, -0.15) is 0 Å². The molecule has 0 bridgehead atoms. The number of nitrogen functional groups attached to an aromatic ring is 1. The molecule has 0 radical (unpaired) electrons. The van der Waals surface area contributed by atoms with Crippen molar-refractivity contribution in [2.45, 2.75) is 55.0 Å². The highest BCUT2D eigenvalue weighted by molar-refractivity contribution is 7.99. The number of pyridine rings is 1. The normalized spacial score (nSPS) is 13.7. The number of anilines is 4. The average molecular weight is 734 g/mol. The second-order valence-corrected chi connectivity index (χ2v) is 14.3. The fraction of sp³-hybridized carbons (Fsp3) is 0.186. The number of carbonyl (C=O) groups is 2. The molecular formula is C43H39N7O3S. The predicted octanol–water partition coefficient (Wildman–Crippen LogP) is 8.76. The van der Waals surface area contributed by atoms with Gasteiger partial charge in [-0.3, -0.25) is 9.69 Å². The first-order chi connectivity index (χ1) is 26.3. The standard InChI is InChI=1S/C43H39N7O3S/c1-28(2)36-22-21-35-40(48-36)45-27-46-41(35)49-37-25-30(14-23-39(37)54-34-19-15-32(44)16-20-34)11-10-29-12-17-33(18-13-29)47-42(51)38-9-6-24-50(38)43(52)53-26-31-7-4-3-5-8-31/h3-5,7-8,12-23,25,27-28,38H,6,9,24,26,44H2,1-2H3,(H,47,51)(H,45,46,48,49)/t38-/m0/s1. The Labute approximate surface area is 318 Å². The number of fused-ring (bicyclic) bond motifs is 1. The number of carbonyl (C=O) groups excluding carboxylic acids is 2. The molecule has 4 aromatic carbocycles. The molecule has 54 heavy (non-hydrogen) atoms. The number of nitrogens with zero attached hydrogens (tertiary/aromatic N) is 4. The molecule has 0 aliphatic carbocycles. The van der Waals surface area contributed by atoms with Gasteiger partial charge in [-0.25, -0.2) is 19.7 Å². The van der Waals surface area contributed by atoms with Gasteiger partial charge < -0.3 is 21.1 Å². The zero-order chi connectivity index (χ0) is 37.4. The van der Waals surface area contributed by atoms with Gasteiger partial charge in [0.25, 0.3) is 0 Å². The van der Waals surface area contributed by atoms with E-state index in [4.69, 9.17) is 15.5 Å². The first-order valence-corrected chi connectivity index (χ1v) is 18.6. The molecule has 0 spiro atoms. The first-order valence-electron chi connectivity index (χ1n) is 17.8. The second kappa shape index (κ2) is 16.5. The lowest BCUT2D eigenvalue weighted by Gasteiger charge is -2.23. The van der Waals surface area contributed by atoms with Crippen LogP contribution >= 0.6 is 11.8 Å². The number of rotatable bonds is 9. The quantitative estimate of drug-likeness (QED) is 0.0985. The molecule has 2 amide bonds. The molecule has 3 heterocycles. The minimum Gasteiger partial charge on any atom is -0.445 e. The summed E-state index contributed by atoms with van der Waals surface area (Å²) in [5.41, 5.74) is 12.2. The molecule has 6 aromatic rings. The Morgan fingerprint density at radius 1 is 0.926 bits per heavy atom. The summed E-state index contributed by atoms with van der Waals surface area (Å²) < 4.78 is 5.50. The zero-order valence-electron chi connectivity index (χ0n) is 30.0. The number of hydrogen-bond acceptors (Lipinski definition) is 9. The van der Waals surface area contributed by atoms with Crippen LogP contribution in [0, 0.1) is 11.8 Å². The van der Waals surface area contributed by atoms with E-state index in [1.165, 1.54) is 11.2 Å². The summed E-state index contributed by atoms with van der Waals surface area (Å²) in [6.07, 6.45) is 2.35. The Hall–Kier alpha value is -6.38.